The molecule has 0 aliphatic carbocycles. The SMILES string of the molecule is CCc1cc2cccc(Cl)c2nc1NN. The Bertz CT molecular complexity index is 496. The van der Waals surface area contributed by atoms with Gasteiger partial charge in [-0.25, -0.2) is 10.8 Å². The Balaban J connectivity index is 2.75. The van der Waals surface area contributed by atoms with Crippen molar-refractivity contribution in [3.05, 3.63) is 34.9 Å². The van der Waals surface area contributed by atoms with Gasteiger partial charge in [0.25, 0.3) is 0 Å². The van der Waals surface area contributed by atoms with Crippen LogP contribution in [0.1, 0.15) is 12.5 Å². The molecule has 0 fully saturated rings. The molecule has 3 nitrogen and oxygen atoms in total. The van der Waals surface area contributed by atoms with Crippen molar-refractivity contribution in [3.63, 3.8) is 0 Å². The van der Waals surface area contributed by atoms with Crippen LogP contribution in [0.15, 0.2) is 24.3 Å². The number of aryl methyl sites for hydroxylation is 1. The average Bonchev–Trinajstić information content (AvgIpc) is 2.28. The van der Waals surface area contributed by atoms with Crippen LogP contribution in [0, 0.1) is 0 Å². The van der Waals surface area contributed by atoms with Crippen LogP contribution in [0.4, 0.5) is 5.82 Å². The van der Waals surface area contributed by atoms with Gasteiger partial charge in [-0.15, -0.1) is 0 Å². The quantitative estimate of drug-likeness (QED) is 0.606. The molecule has 2 aromatic rings. The summed E-state index contributed by atoms with van der Waals surface area (Å²) in [6.45, 7) is 2.06. The molecular weight excluding hydrogens is 210 g/mol. The summed E-state index contributed by atoms with van der Waals surface area (Å²) in [5.74, 6) is 6.10. The average molecular weight is 222 g/mol. The highest BCUT2D eigenvalue weighted by Gasteiger charge is 2.06. The van der Waals surface area contributed by atoms with E-state index in [0.29, 0.717) is 10.8 Å². The summed E-state index contributed by atoms with van der Waals surface area (Å²) in [4.78, 5) is 4.40. The molecule has 0 saturated carbocycles. The molecule has 0 bridgehead atoms. The lowest BCUT2D eigenvalue weighted by atomic mass is 10.1. The van der Waals surface area contributed by atoms with E-state index in [1.807, 2.05) is 18.2 Å². The molecule has 0 aliphatic rings. The first kappa shape index (κ1) is 10.2. The molecule has 0 atom stereocenters. The first-order valence-electron chi connectivity index (χ1n) is 4.81. The largest absolute Gasteiger partial charge is 0.308 e. The van der Waals surface area contributed by atoms with E-state index in [1.54, 1.807) is 0 Å². The van der Waals surface area contributed by atoms with Crippen LogP contribution in [0.25, 0.3) is 10.9 Å². The number of benzene rings is 1. The molecule has 0 amide bonds. The number of hydrogen-bond acceptors (Lipinski definition) is 3. The number of halogens is 1. The van der Waals surface area contributed by atoms with Gasteiger partial charge in [0, 0.05) is 5.39 Å². The van der Waals surface area contributed by atoms with Gasteiger partial charge in [0.2, 0.25) is 0 Å². The molecule has 0 aliphatic heterocycles. The van der Waals surface area contributed by atoms with Gasteiger partial charge in [0.15, 0.2) is 0 Å². The number of nitrogens with zero attached hydrogens (tertiary/aromatic N) is 1. The minimum absolute atomic E-state index is 0.645. The van der Waals surface area contributed by atoms with Crippen LogP contribution in [-0.2, 0) is 6.42 Å². The summed E-state index contributed by atoms with van der Waals surface area (Å²) in [7, 11) is 0. The maximum absolute atomic E-state index is 6.05. The van der Waals surface area contributed by atoms with E-state index in [9.17, 15) is 0 Å². The number of aromatic nitrogens is 1. The van der Waals surface area contributed by atoms with Gasteiger partial charge in [0.1, 0.15) is 5.82 Å². The zero-order valence-corrected chi connectivity index (χ0v) is 9.17. The van der Waals surface area contributed by atoms with E-state index >= 15 is 0 Å². The van der Waals surface area contributed by atoms with Crippen LogP contribution in [0.2, 0.25) is 5.02 Å². The second kappa shape index (κ2) is 4.04. The van der Waals surface area contributed by atoms with Crippen molar-refractivity contribution in [2.75, 3.05) is 5.43 Å². The summed E-state index contributed by atoms with van der Waals surface area (Å²) in [5, 5.41) is 1.69. The second-order valence-corrected chi connectivity index (χ2v) is 3.71. The third kappa shape index (κ3) is 1.76. The number of nitrogen functional groups attached to an aromatic ring is 1. The van der Waals surface area contributed by atoms with E-state index in [4.69, 9.17) is 17.4 Å². The van der Waals surface area contributed by atoms with Crippen LogP contribution in [-0.4, -0.2) is 4.98 Å². The van der Waals surface area contributed by atoms with Crippen LogP contribution in [0.3, 0.4) is 0 Å². The fourth-order valence-corrected chi connectivity index (χ4v) is 1.82. The highest BCUT2D eigenvalue weighted by Crippen LogP contribution is 2.25. The molecule has 1 aromatic carbocycles. The Morgan fingerprint density at radius 1 is 1.47 bits per heavy atom. The number of fused-ring (bicyclic) bond motifs is 1. The maximum Gasteiger partial charge on any atom is 0.143 e. The number of pyridine rings is 1. The third-order valence-corrected chi connectivity index (χ3v) is 2.70. The van der Waals surface area contributed by atoms with E-state index in [2.05, 4.69) is 23.4 Å². The Morgan fingerprint density at radius 3 is 2.93 bits per heavy atom. The van der Waals surface area contributed by atoms with E-state index in [-0.39, 0.29) is 0 Å². The lowest BCUT2D eigenvalue weighted by Gasteiger charge is -2.08. The number of rotatable bonds is 2. The normalized spacial score (nSPS) is 10.6. The molecule has 78 valence electrons. The first-order valence-corrected chi connectivity index (χ1v) is 5.18. The van der Waals surface area contributed by atoms with Gasteiger partial charge in [0.05, 0.1) is 10.5 Å². The van der Waals surface area contributed by atoms with Crippen molar-refractivity contribution in [2.24, 2.45) is 5.84 Å². The molecule has 2 rings (SSSR count). The first-order chi connectivity index (χ1) is 7.26. The standard InChI is InChI=1S/C11H12ClN3/c1-2-7-6-8-4-3-5-9(12)10(8)14-11(7)15-13/h3-6H,2,13H2,1H3,(H,14,15). The Morgan fingerprint density at radius 2 is 2.27 bits per heavy atom. The molecule has 0 spiro atoms. The van der Waals surface area contributed by atoms with Gasteiger partial charge in [-0.2, -0.15) is 0 Å². The monoisotopic (exact) mass is 221 g/mol. The van der Waals surface area contributed by atoms with Crippen molar-refractivity contribution >= 4 is 28.3 Å². The zero-order chi connectivity index (χ0) is 10.8. The van der Waals surface area contributed by atoms with Crippen molar-refractivity contribution in [2.45, 2.75) is 13.3 Å². The lowest BCUT2D eigenvalue weighted by molar-refractivity contribution is 1.10. The minimum Gasteiger partial charge on any atom is -0.308 e. The smallest absolute Gasteiger partial charge is 0.143 e. The van der Waals surface area contributed by atoms with Crippen LogP contribution < -0.4 is 11.3 Å². The van der Waals surface area contributed by atoms with Gasteiger partial charge in [-0.05, 0) is 24.1 Å². The fourth-order valence-electron chi connectivity index (χ4n) is 1.60. The van der Waals surface area contributed by atoms with Gasteiger partial charge < -0.3 is 5.43 Å². The van der Waals surface area contributed by atoms with Crippen molar-refractivity contribution in [3.8, 4) is 0 Å². The summed E-state index contributed by atoms with van der Waals surface area (Å²) >= 11 is 6.05. The predicted molar refractivity (Wildman–Crippen MR) is 63.9 cm³/mol. The van der Waals surface area contributed by atoms with Gasteiger partial charge in [-0.1, -0.05) is 30.7 Å². The molecule has 1 heterocycles. The Labute approximate surface area is 93.2 Å². The number of hydrogen-bond donors (Lipinski definition) is 2. The van der Waals surface area contributed by atoms with E-state index in [1.165, 1.54) is 0 Å². The summed E-state index contributed by atoms with van der Waals surface area (Å²) in [5.41, 5.74) is 4.47. The summed E-state index contributed by atoms with van der Waals surface area (Å²) in [6.07, 6.45) is 0.884. The molecule has 3 N–H and O–H groups in total. The Hall–Kier alpha value is -1.32. The topological polar surface area (TPSA) is 50.9 Å². The second-order valence-electron chi connectivity index (χ2n) is 3.31. The highest BCUT2D eigenvalue weighted by atomic mass is 35.5. The lowest BCUT2D eigenvalue weighted by Crippen LogP contribution is -2.11. The molecular formula is C11H12ClN3. The van der Waals surface area contributed by atoms with Crippen LogP contribution in [0.5, 0.6) is 0 Å². The molecule has 0 radical (unpaired) electrons. The van der Waals surface area contributed by atoms with Crippen molar-refractivity contribution in [1.29, 1.82) is 0 Å². The number of nitrogens with two attached hydrogens (primary N) is 1. The maximum atomic E-state index is 6.05. The van der Waals surface area contributed by atoms with Crippen molar-refractivity contribution in [1.82, 2.24) is 4.98 Å². The number of hydrazine groups is 1. The highest BCUT2D eigenvalue weighted by molar-refractivity contribution is 6.35. The number of anilines is 1. The molecule has 1 aromatic heterocycles. The fraction of sp³-hybridized carbons (Fsp3) is 0.182. The molecule has 0 unspecified atom stereocenters. The molecule has 0 saturated heterocycles. The summed E-state index contributed by atoms with van der Waals surface area (Å²) < 4.78 is 0. The van der Waals surface area contributed by atoms with Gasteiger partial charge in [-0.3, -0.25) is 0 Å². The zero-order valence-electron chi connectivity index (χ0n) is 8.42. The Kier molecular flexibility index (Phi) is 2.75. The number of nitrogens with one attached hydrogen (secondary N) is 1. The minimum atomic E-state index is 0.645. The van der Waals surface area contributed by atoms with Gasteiger partial charge >= 0.3 is 0 Å². The predicted octanol–water partition coefficient (Wildman–Crippen LogP) is 2.74. The molecule has 4 heteroatoms. The summed E-state index contributed by atoms with van der Waals surface area (Å²) in [6, 6.07) is 7.79. The van der Waals surface area contributed by atoms with E-state index in [0.717, 1.165) is 22.9 Å². The third-order valence-electron chi connectivity index (χ3n) is 2.39. The van der Waals surface area contributed by atoms with E-state index < -0.39 is 0 Å². The van der Waals surface area contributed by atoms with Crippen molar-refractivity contribution < 1.29 is 0 Å². The molecule has 15 heavy (non-hydrogen) atoms. The van der Waals surface area contributed by atoms with Crippen LogP contribution >= 0.6 is 11.6 Å². The number of para-hydroxylation sites is 1.